The number of carbonyl (C=O) groups is 1. The monoisotopic (exact) mass is 405 g/mol. The molecule has 0 bridgehead atoms. The molecule has 2 fully saturated rings. The number of aromatic amines is 1. The number of carbonyl (C=O) groups excluding carboxylic acids is 1. The molecule has 2 aliphatic heterocycles. The van der Waals surface area contributed by atoms with Gasteiger partial charge in [0.25, 0.3) is 0 Å². The van der Waals surface area contributed by atoms with E-state index in [0.717, 1.165) is 43.8 Å². The molecule has 30 heavy (non-hydrogen) atoms. The van der Waals surface area contributed by atoms with E-state index in [4.69, 9.17) is 4.74 Å². The summed E-state index contributed by atoms with van der Waals surface area (Å²) in [5.41, 5.74) is 2.31. The quantitative estimate of drug-likeness (QED) is 0.682. The first kappa shape index (κ1) is 18.9. The maximum absolute atomic E-state index is 12.7. The van der Waals surface area contributed by atoms with E-state index in [2.05, 4.69) is 32.0 Å². The molecular weight excluding hydrogens is 378 g/mol. The summed E-state index contributed by atoms with van der Waals surface area (Å²) in [6.45, 7) is 3.44. The molecule has 1 N–H and O–H groups in total. The fourth-order valence-electron chi connectivity index (χ4n) is 4.47. The van der Waals surface area contributed by atoms with Gasteiger partial charge in [0.2, 0.25) is 11.8 Å². The number of H-pyrrole nitrogens is 1. The van der Waals surface area contributed by atoms with Crippen molar-refractivity contribution in [1.29, 1.82) is 0 Å². The van der Waals surface area contributed by atoms with Gasteiger partial charge in [-0.2, -0.15) is 0 Å². The Balaban J connectivity index is 1.15. The van der Waals surface area contributed by atoms with Crippen LogP contribution in [-0.4, -0.2) is 58.0 Å². The van der Waals surface area contributed by atoms with E-state index in [1.54, 1.807) is 6.33 Å². The van der Waals surface area contributed by atoms with Gasteiger partial charge in [0.15, 0.2) is 0 Å². The summed E-state index contributed by atoms with van der Waals surface area (Å²) in [6, 6.07) is 10.1. The van der Waals surface area contributed by atoms with Crippen molar-refractivity contribution in [1.82, 2.24) is 19.9 Å². The van der Waals surface area contributed by atoms with Crippen LogP contribution in [0.5, 0.6) is 5.88 Å². The Morgan fingerprint density at radius 3 is 2.93 bits per heavy atom. The predicted octanol–water partition coefficient (Wildman–Crippen LogP) is 3.17. The topological polar surface area (TPSA) is 74.3 Å². The van der Waals surface area contributed by atoms with Crippen LogP contribution in [0.25, 0.3) is 10.9 Å². The van der Waals surface area contributed by atoms with E-state index < -0.39 is 0 Å². The maximum Gasteiger partial charge on any atom is 0.223 e. The molecule has 2 aliphatic rings. The third-order valence-electron chi connectivity index (χ3n) is 6.13. The summed E-state index contributed by atoms with van der Waals surface area (Å²) in [5, 5.41) is 1.20. The molecule has 1 atom stereocenters. The lowest BCUT2D eigenvalue weighted by atomic mass is 10.1. The second kappa shape index (κ2) is 8.34. The van der Waals surface area contributed by atoms with Crippen LogP contribution in [0.2, 0.25) is 0 Å². The number of likely N-dealkylation sites (tertiary alicyclic amines) is 1. The third-order valence-corrected chi connectivity index (χ3v) is 6.13. The minimum absolute atomic E-state index is 0.0108. The van der Waals surface area contributed by atoms with Crippen molar-refractivity contribution in [2.45, 2.75) is 38.2 Å². The zero-order valence-electron chi connectivity index (χ0n) is 17.1. The molecule has 1 amide bonds. The molecule has 0 saturated carbocycles. The number of ether oxygens (including phenoxy) is 1. The fraction of sp³-hybridized carbons (Fsp3) is 0.435. The first-order chi connectivity index (χ1) is 14.8. The number of benzene rings is 1. The number of rotatable bonds is 6. The first-order valence-electron chi connectivity index (χ1n) is 10.8. The van der Waals surface area contributed by atoms with Gasteiger partial charge in [0.05, 0.1) is 6.54 Å². The maximum atomic E-state index is 12.7. The Bertz CT molecular complexity index is 1030. The van der Waals surface area contributed by atoms with Crippen molar-refractivity contribution in [3.8, 4) is 5.88 Å². The van der Waals surface area contributed by atoms with Crippen LogP contribution in [0, 0.1) is 0 Å². The lowest BCUT2D eigenvalue weighted by molar-refractivity contribution is -0.130. The standard InChI is InChI=1S/C23H27N5O2/c29-23(8-7-17-14-24-20-6-2-1-5-19(17)20)28-12-9-18(15-28)30-22-13-21(25-16-26-22)27-10-3-4-11-27/h1-2,5-6,13-14,16,18,24H,3-4,7-12,15H2. The summed E-state index contributed by atoms with van der Waals surface area (Å²) in [5.74, 6) is 1.72. The molecule has 5 rings (SSSR count). The number of aryl methyl sites for hydroxylation is 1. The van der Waals surface area contributed by atoms with Crippen LogP contribution in [0.4, 0.5) is 5.82 Å². The second-order valence-electron chi connectivity index (χ2n) is 8.14. The minimum atomic E-state index is -0.0108. The normalized spacial score (nSPS) is 19.0. The second-order valence-corrected chi connectivity index (χ2v) is 8.14. The third kappa shape index (κ3) is 3.97. The molecule has 7 heteroatoms. The van der Waals surface area contributed by atoms with Gasteiger partial charge in [-0.15, -0.1) is 0 Å². The lowest BCUT2D eigenvalue weighted by Crippen LogP contribution is -2.31. The Morgan fingerprint density at radius 2 is 2.03 bits per heavy atom. The van der Waals surface area contributed by atoms with Crippen LogP contribution in [-0.2, 0) is 11.2 Å². The van der Waals surface area contributed by atoms with Gasteiger partial charge in [-0.25, -0.2) is 9.97 Å². The number of aromatic nitrogens is 3. The molecule has 0 aliphatic carbocycles. The number of nitrogens with one attached hydrogen (secondary N) is 1. The van der Waals surface area contributed by atoms with Crippen molar-refractivity contribution in [2.24, 2.45) is 0 Å². The highest BCUT2D eigenvalue weighted by atomic mass is 16.5. The van der Waals surface area contributed by atoms with Crippen molar-refractivity contribution in [3.05, 3.63) is 48.4 Å². The highest BCUT2D eigenvalue weighted by Crippen LogP contribution is 2.24. The van der Waals surface area contributed by atoms with Gasteiger partial charge in [-0.1, -0.05) is 18.2 Å². The Morgan fingerprint density at radius 1 is 1.17 bits per heavy atom. The predicted molar refractivity (Wildman–Crippen MR) is 116 cm³/mol. The Hall–Kier alpha value is -3.09. The summed E-state index contributed by atoms with van der Waals surface area (Å²) in [6.07, 6.45) is 8.09. The van der Waals surface area contributed by atoms with Crippen molar-refractivity contribution < 1.29 is 9.53 Å². The van der Waals surface area contributed by atoms with Crippen LogP contribution in [0.1, 0.15) is 31.2 Å². The number of amides is 1. The van der Waals surface area contributed by atoms with Crippen LogP contribution in [0.3, 0.4) is 0 Å². The van der Waals surface area contributed by atoms with Gasteiger partial charge >= 0.3 is 0 Å². The number of anilines is 1. The van der Waals surface area contributed by atoms with Crippen molar-refractivity contribution in [2.75, 3.05) is 31.1 Å². The number of fused-ring (bicyclic) bond motifs is 1. The SMILES string of the molecule is O=C(CCc1c[nH]c2ccccc12)N1CCC(Oc2cc(N3CCCC3)ncn2)C1. The molecule has 2 saturated heterocycles. The largest absolute Gasteiger partial charge is 0.472 e. The van der Waals surface area contributed by atoms with Gasteiger partial charge in [0.1, 0.15) is 18.2 Å². The van der Waals surface area contributed by atoms with E-state index in [9.17, 15) is 4.79 Å². The molecular formula is C23H27N5O2. The summed E-state index contributed by atoms with van der Waals surface area (Å²) >= 11 is 0. The van der Waals surface area contributed by atoms with E-state index in [0.29, 0.717) is 18.8 Å². The fourth-order valence-corrected chi connectivity index (χ4v) is 4.47. The highest BCUT2D eigenvalue weighted by Gasteiger charge is 2.28. The van der Waals surface area contributed by atoms with Crippen LogP contribution >= 0.6 is 0 Å². The minimum Gasteiger partial charge on any atom is -0.472 e. The average molecular weight is 406 g/mol. The molecule has 4 heterocycles. The molecule has 156 valence electrons. The van der Waals surface area contributed by atoms with E-state index in [-0.39, 0.29) is 12.0 Å². The number of nitrogens with zero attached hydrogens (tertiary/aromatic N) is 4. The molecule has 1 unspecified atom stereocenters. The molecule has 0 spiro atoms. The summed E-state index contributed by atoms with van der Waals surface area (Å²) in [4.78, 5) is 28.9. The molecule has 3 aromatic rings. The Labute approximate surface area is 176 Å². The Kier molecular flexibility index (Phi) is 5.26. The van der Waals surface area contributed by atoms with Gasteiger partial charge in [-0.05, 0) is 30.9 Å². The van der Waals surface area contributed by atoms with Crippen LogP contribution < -0.4 is 9.64 Å². The summed E-state index contributed by atoms with van der Waals surface area (Å²) < 4.78 is 6.09. The summed E-state index contributed by atoms with van der Waals surface area (Å²) in [7, 11) is 0. The van der Waals surface area contributed by atoms with Gasteiger partial charge in [0, 0.05) is 55.6 Å². The number of hydrogen-bond donors (Lipinski definition) is 1. The molecule has 0 radical (unpaired) electrons. The van der Waals surface area contributed by atoms with Gasteiger partial charge < -0.3 is 19.5 Å². The average Bonchev–Trinajstić information content (AvgIpc) is 3.53. The van der Waals surface area contributed by atoms with Crippen LogP contribution in [0.15, 0.2) is 42.9 Å². The van der Waals surface area contributed by atoms with E-state index >= 15 is 0 Å². The van der Waals surface area contributed by atoms with Crippen molar-refractivity contribution in [3.63, 3.8) is 0 Å². The zero-order valence-corrected chi connectivity index (χ0v) is 17.1. The number of hydrogen-bond acceptors (Lipinski definition) is 5. The van der Waals surface area contributed by atoms with E-state index in [1.165, 1.54) is 23.8 Å². The molecule has 2 aromatic heterocycles. The smallest absolute Gasteiger partial charge is 0.223 e. The van der Waals surface area contributed by atoms with Gasteiger partial charge in [-0.3, -0.25) is 4.79 Å². The molecule has 7 nitrogen and oxygen atoms in total. The zero-order chi connectivity index (χ0) is 20.3. The van der Waals surface area contributed by atoms with Crippen molar-refractivity contribution >= 4 is 22.6 Å². The lowest BCUT2D eigenvalue weighted by Gasteiger charge is -2.19. The molecule has 1 aromatic carbocycles. The number of para-hydroxylation sites is 1. The first-order valence-corrected chi connectivity index (χ1v) is 10.8. The highest BCUT2D eigenvalue weighted by molar-refractivity contribution is 5.84. The van der Waals surface area contributed by atoms with E-state index in [1.807, 2.05) is 29.3 Å².